The quantitative estimate of drug-likeness (QED) is 0.929. The molecule has 4 heteroatoms. The second-order valence-electron chi connectivity index (χ2n) is 7.25. The van der Waals surface area contributed by atoms with Crippen LogP contribution in [0.3, 0.4) is 0 Å². The summed E-state index contributed by atoms with van der Waals surface area (Å²) < 4.78 is 0. The second kappa shape index (κ2) is 6.04. The highest BCUT2D eigenvalue weighted by Gasteiger charge is 2.23. The lowest BCUT2D eigenvalue weighted by Gasteiger charge is -2.23. The molecule has 1 aliphatic carbocycles. The summed E-state index contributed by atoms with van der Waals surface area (Å²) >= 11 is 0. The fraction of sp³-hybridized carbons (Fsp3) is 0.647. The number of aromatic nitrogens is 1. The van der Waals surface area contributed by atoms with Gasteiger partial charge in [0.15, 0.2) is 0 Å². The lowest BCUT2D eigenvalue weighted by molar-refractivity contribution is 0.0773. The minimum atomic E-state index is -0.117. The molecule has 1 saturated carbocycles. The molecule has 0 atom stereocenters. The van der Waals surface area contributed by atoms with Gasteiger partial charge in [0.05, 0.1) is 0 Å². The topological polar surface area (TPSA) is 59.2 Å². The van der Waals surface area contributed by atoms with Crippen molar-refractivity contribution < 1.29 is 4.79 Å². The van der Waals surface area contributed by atoms with Gasteiger partial charge in [-0.05, 0) is 30.9 Å². The molecule has 2 rings (SSSR count). The zero-order valence-corrected chi connectivity index (χ0v) is 13.6. The number of nitrogen functional groups attached to an aromatic ring is 1. The molecule has 116 valence electrons. The van der Waals surface area contributed by atoms with Crippen molar-refractivity contribution in [2.24, 2.45) is 5.92 Å². The molecule has 1 heterocycles. The number of carbonyl (C=O) groups excluding carboxylic acids is 1. The molecule has 1 fully saturated rings. The van der Waals surface area contributed by atoms with E-state index in [-0.39, 0.29) is 11.3 Å². The number of nitrogens with zero attached hydrogens (tertiary/aromatic N) is 2. The summed E-state index contributed by atoms with van der Waals surface area (Å²) in [7, 11) is 1.88. The summed E-state index contributed by atoms with van der Waals surface area (Å²) in [5, 5.41) is 0. The molecule has 1 amide bonds. The molecule has 0 bridgehead atoms. The van der Waals surface area contributed by atoms with Crippen molar-refractivity contribution in [2.75, 3.05) is 19.3 Å². The van der Waals surface area contributed by atoms with Gasteiger partial charge in [-0.15, -0.1) is 0 Å². The van der Waals surface area contributed by atoms with Crippen LogP contribution in [0.5, 0.6) is 0 Å². The first-order valence-electron chi connectivity index (χ1n) is 7.81. The Labute approximate surface area is 127 Å². The van der Waals surface area contributed by atoms with Gasteiger partial charge >= 0.3 is 0 Å². The second-order valence-corrected chi connectivity index (χ2v) is 7.25. The number of carbonyl (C=O) groups is 1. The van der Waals surface area contributed by atoms with Gasteiger partial charge in [0, 0.05) is 30.3 Å². The zero-order valence-electron chi connectivity index (χ0n) is 13.6. The van der Waals surface area contributed by atoms with E-state index in [0.717, 1.165) is 12.2 Å². The van der Waals surface area contributed by atoms with Gasteiger partial charge in [-0.3, -0.25) is 4.79 Å². The molecule has 0 aromatic carbocycles. The molecule has 1 aromatic rings. The van der Waals surface area contributed by atoms with Crippen LogP contribution in [0.2, 0.25) is 0 Å². The van der Waals surface area contributed by atoms with Gasteiger partial charge in [0.2, 0.25) is 0 Å². The first kappa shape index (κ1) is 15.8. The molecule has 0 radical (unpaired) electrons. The maximum atomic E-state index is 12.6. The Morgan fingerprint density at radius 2 is 1.95 bits per heavy atom. The van der Waals surface area contributed by atoms with E-state index in [1.807, 2.05) is 18.0 Å². The zero-order chi connectivity index (χ0) is 15.6. The van der Waals surface area contributed by atoms with E-state index in [0.29, 0.717) is 17.3 Å². The van der Waals surface area contributed by atoms with Gasteiger partial charge in [-0.1, -0.05) is 33.6 Å². The summed E-state index contributed by atoms with van der Waals surface area (Å²) in [6.45, 7) is 7.06. The van der Waals surface area contributed by atoms with E-state index in [2.05, 4.69) is 25.8 Å². The molecule has 1 aromatic heterocycles. The summed E-state index contributed by atoms with van der Waals surface area (Å²) in [5.74, 6) is 1.11. The van der Waals surface area contributed by atoms with Crippen molar-refractivity contribution in [1.82, 2.24) is 9.88 Å². The van der Waals surface area contributed by atoms with Crippen molar-refractivity contribution in [1.29, 1.82) is 0 Å². The average molecular weight is 289 g/mol. The molecular formula is C17H27N3O. The Bertz CT molecular complexity index is 513. The standard InChI is InChI=1S/C17H27N3O/c1-17(2,3)14-9-13(10-15(18)19-14)16(21)20(4)11-12-7-5-6-8-12/h9-10,12H,5-8,11H2,1-4H3,(H2,18,19). The largest absolute Gasteiger partial charge is 0.384 e. The Hall–Kier alpha value is -1.58. The highest BCUT2D eigenvalue weighted by molar-refractivity contribution is 5.94. The number of hydrogen-bond acceptors (Lipinski definition) is 3. The van der Waals surface area contributed by atoms with Crippen molar-refractivity contribution in [3.8, 4) is 0 Å². The Morgan fingerprint density at radius 1 is 1.33 bits per heavy atom. The fourth-order valence-electron chi connectivity index (χ4n) is 2.94. The maximum Gasteiger partial charge on any atom is 0.253 e. The van der Waals surface area contributed by atoms with E-state index >= 15 is 0 Å². The van der Waals surface area contributed by atoms with Crippen LogP contribution in [0, 0.1) is 5.92 Å². The molecule has 0 saturated heterocycles. The van der Waals surface area contributed by atoms with Gasteiger partial charge in [-0.25, -0.2) is 4.98 Å². The van der Waals surface area contributed by atoms with Crippen molar-refractivity contribution in [2.45, 2.75) is 51.9 Å². The summed E-state index contributed by atoms with van der Waals surface area (Å²) in [5.41, 5.74) is 7.27. The van der Waals surface area contributed by atoms with Crippen molar-refractivity contribution >= 4 is 11.7 Å². The number of nitrogens with two attached hydrogens (primary N) is 1. The molecular weight excluding hydrogens is 262 g/mol. The van der Waals surface area contributed by atoms with Gasteiger partial charge < -0.3 is 10.6 Å². The first-order valence-corrected chi connectivity index (χ1v) is 7.81. The van der Waals surface area contributed by atoms with E-state index in [1.165, 1.54) is 25.7 Å². The molecule has 21 heavy (non-hydrogen) atoms. The Kier molecular flexibility index (Phi) is 4.55. The molecule has 2 N–H and O–H groups in total. The smallest absolute Gasteiger partial charge is 0.253 e. The third-order valence-electron chi connectivity index (χ3n) is 4.21. The summed E-state index contributed by atoms with van der Waals surface area (Å²) in [6.07, 6.45) is 5.07. The molecule has 0 aliphatic heterocycles. The van der Waals surface area contributed by atoms with E-state index in [9.17, 15) is 4.79 Å². The maximum absolute atomic E-state index is 12.6. The predicted molar refractivity (Wildman–Crippen MR) is 86.3 cm³/mol. The van der Waals surface area contributed by atoms with Gasteiger partial charge in [0.1, 0.15) is 5.82 Å². The number of anilines is 1. The van der Waals surface area contributed by atoms with Gasteiger partial charge in [-0.2, -0.15) is 0 Å². The molecule has 0 spiro atoms. The number of amides is 1. The molecule has 0 unspecified atom stereocenters. The van der Waals surface area contributed by atoms with E-state index < -0.39 is 0 Å². The minimum absolute atomic E-state index is 0.0431. The average Bonchev–Trinajstić information content (AvgIpc) is 2.88. The normalized spacial score (nSPS) is 16.2. The van der Waals surface area contributed by atoms with E-state index in [4.69, 9.17) is 5.73 Å². The third kappa shape index (κ3) is 3.96. The predicted octanol–water partition coefficient (Wildman–Crippen LogP) is 3.22. The number of pyridine rings is 1. The van der Waals surface area contributed by atoms with Crippen LogP contribution in [-0.4, -0.2) is 29.4 Å². The van der Waals surface area contributed by atoms with Crippen molar-refractivity contribution in [3.05, 3.63) is 23.4 Å². The third-order valence-corrected chi connectivity index (χ3v) is 4.21. The fourth-order valence-corrected chi connectivity index (χ4v) is 2.94. The highest BCUT2D eigenvalue weighted by Crippen LogP contribution is 2.26. The van der Waals surface area contributed by atoms with Crippen LogP contribution in [-0.2, 0) is 5.41 Å². The van der Waals surface area contributed by atoms with Crippen LogP contribution in [0.4, 0.5) is 5.82 Å². The molecule has 1 aliphatic rings. The van der Waals surface area contributed by atoms with Crippen molar-refractivity contribution in [3.63, 3.8) is 0 Å². The van der Waals surface area contributed by atoms with Crippen LogP contribution in [0.25, 0.3) is 0 Å². The summed E-state index contributed by atoms with van der Waals surface area (Å²) in [4.78, 5) is 18.8. The molecule has 4 nitrogen and oxygen atoms in total. The van der Waals surface area contributed by atoms with E-state index in [1.54, 1.807) is 6.07 Å². The lowest BCUT2D eigenvalue weighted by Crippen LogP contribution is -2.31. The minimum Gasteiger partial charge on any atom is -0.384 e. The van der Waals surface area contributed by atoms with Gasteiger partial charge in [0.25, 0.3) is 5.91 Å². The SMILES string of the molecule is CN(CC1CCCC1)C(=O)c1cc(N)nc(C(C)(C)C)c1. The first-order chi connectivity index (χ1) is 9.77. The Balaban J connectivity index is 2.16. The lowest BCUT2D eigenvalue weighted by atomic mass is 9.90. The van der Waals surface area contributed by atoms with Crippen LogP contribution in [0.15, 0.2) is 12.1 Å². The highest BCUT2D eigenvalue weighted by atomic mass is 16.2. The Morgan fingerprint density at radius 3 is 2.52 bits per heavy atom. The summed E-state index contributed by atoms with van der Waals surface area (Å²) in [6, 6.07) is 3.56. The number of hydrogen-bond donors (Lipinski definition) is 1. The monoisotopic (exact) mass is 289 g/mol. The number of rotatable bonds is 3. The van der Waals surface area contributed by atoms with Crippen LogP contribution in [0.1, 0.15) is 62.5 Å². The van der Waals surface area contributed by atoms with Crippen LogP contribution >= 0.6 is 0 Å². The van der Waals surface area contributed by atoms with Crippen LogP contribution < -0.4 is 5.73 Å².